The van der Waals surface area contributed by atoms with Crippen molar-refractivity contribution >= 4 is 151 Å². The molecule has 0 aliphatic carbocycles. The van der Waals surface area contributed by atoms with Crippen molar-refractivity contribution in [3.63, 3.8) is 0 Å². The summed E-state index contributed by atoms with van der Waals surface area (Å²) in [6.07, 6.45) is 10.8. The second-order valence-electron chi connectivity index (χ2n) is 17.6. The Bertz CT molecular complexity index is 3770. The van der Waals surface area contributed by atoms with Gasteiger partial charge in [-0.1, -0.05) is 0 Å². The van der Waals surface area contributed by atoms with Gasteiger partial charge in [0.05, 0.1) is 18.0 Å². The maximum Gasteiger partial charge on any atom is 0.238 e. The fourth-order valence-corrected chi connectivity index (χ4v) is 12.1. The summed E-state index contributed by atoms with van der Waals surface area (Å²) in [5.41, 5.74) is -17.9. The first-order valence-corrected chi connectivity index (χ1v) is 30.7. The van der Waals surface area contributed by atoms with Gasteiger partial charge in [0.15, 0.2) is 22.3 Å². The Morgan fingerprint density at radius 3 is 0.533 bits per heavy atom. The van der Waals surface area contributed by atoms with Crippen LogP contribution >= 0.6 is 151 Å². The van der Waals surface area contributed by atoms with Crippen molar-refractivity contribution in [1.29, 1.82) is 0 Å². The van der Waals surface area contributed by atoms with Gasteiger partial charge in [0.1, 0.15) is 35.8 Å². The van der Waals surface area contributed by atoms with Crippen LogP contribution in [-0.2, 0) is 31.2 Å². The van der Waals surface area contributed by atoms with E-state index in [1.54, 1.807) is 25.0 Å². The molecule has 7 heterocycles. The summed E-state index contributed by atoms with van der Waals surface area (Å²) in [5, 5.41) is 0.194. The van der Waals surface area contributed by atoms with E-state index in [4.69, 9.17) is 23.2 Å². The van der Waals surface area contributed by atoms with Crippen LogP contribution in [0.1, 0.15) is 67.8 Å². The second-order valence-corrected chi connectivity index (χ2v) is 24.7. The predicted octanol–water partition coefficient (Wildman–Crippen LogP) is 19.0. The Morgan fingerprint density at radius 1 is 0.304 bits per heavy atom. The number of imidazole rings is 2. The average Bonchev–Trinajstić information content (AvgIpc) is 1.59. The van der Waals surface area contributed by atoms with Crippen molar-refractivity contribution in [2.75, 3.05) is 5.34 Å². The van der Waals surface area contributed by atoms with E-state index in [9.17, 15) is 17.6 Å². The maximum atomic E-state index is 16.3. The van der Waals surface area contributed by atoms with Gasteiger partial charge in [-0.3, -0.25) is 0 Å². The first kappa shape index (κ1) is 74.8. The van der Waals surface area contributed by atoms with E-state index in [0.717, 1.165) is 0 Å². The van der Waals surface area contributed by atoms with Crippen molar-refractivity contribution < 1.29 is 105 Å². The van der Waals surface area contributed by atoms with Crippen LogP contribution in [0.5, 0.6) is 0 Å². The van der Waals surface area contributed by atoms with Crippen molar-refractivity contribution in [3.05, 3.63) is 281 Å². The first-order chi connectivity index (χ1) is 42.6. The minimum absolute atomic E-state index is 0. The number of nitrogens with zero attached hydrogens (tertiary/aromatic N) is 8. The number of halogens is 30. The molecule has 4 aromatic carbocycles. The molecule has 1 aliphatic rings. The number of fused-ring (bicyclic) bond motifs is 8. The zero-order valence-corrected chi connectivity index (χ0v) is 58.7. The monoisotopic (exact) mass is 1900 g/mol. The zero-order valence-electron chi connectivity index (χ0n) is 43.4. The molecule has 6 aromatic heterocycles. The summed E-state index contributed by atoms with van der Waals surface area (Å²) in [6.45, 7) is 0. The summed E-state index contributed by atoms with van der Waals surface area (Å²) >= 11 is 33.1. The van der Waals surface area contributed by atoms with Crippen molar-refractivity contribution in [3.8, 4) is 0 Å². The molecule has 8 nitrogen and oxygen atoms in total. The third kappa shape index (κ3) is 12.9. The molecule has 0 radical (unpaired) electrons. The Labute approximate surface area is 589 Å². The topological polar surface area (TPSA) is 92.0 Å². The zero-order chi connectivity index (χ0) is 67.8. The number of rotatable bonds is 4. The van der Waals surface area contributed by atoms with Crippen LogP contribution in [0.2, 0.25) is 0 Å². The van der Waals surface area contributed by atoms with Gasteiger partial charge in [0.25, 0.3) is 0 Å². The molecule has 0 spiro atoms. The van der Waals surface area contributed by atoms with E-state index in [0.29, 0.717) is 0 Å². The predicted molar refractivity (Wildman–Crippen MR) is 311 cm³/mol. The molecule has 10 aromatic rings. The molecule has 484 valence electrons. The number of benzene rings is 4. The Morgan fingerprint density at radius 2 is 0.435 bits per heavy atom. The minimum atomic E-state index is -2.78. The molecule has 0 amide bonds. The quantitative estimate of drug-likeness (QED) is 0.0435. The largest absolute Gasteiger partial charge is 0.626 e. The summed E-state index contributed by atoms with van der Waals surface area (Å²) in [4.78, 5) is 23.9. The smallest absolute Gasteiger partial charge is 0.238 e. The number of hydrogen-bond acceptors (Lipinski definition) is 2. The number of aryl methyl sites for hydroxylation is 2. The Balaban J connectivity index is 0.000000663. The van der Waals surface area contributed by atoms with Crippen LogP contribution < -0.4 is 19.9 Å². The third-order valence-corrected chi connectivity index (χ3v) is 20.6. The minimum Gasteiger partial charge on any atom is -0.626 e. The van der Waals surface area contributed by atoms with Gasteiger partial charge in [-0.25, -0.2) is 9.97 Å². The van der Waals surface area contributed by atoms with Gasteiger partial charge in [-0.15, -0.1) is 23.2 Å². The molecule has 39 heteroatoms. The van der Waals surface area contributed by atoms with Crippen molar-refractivity contribution in [2.24, 2.45) is 14.1 Å². The van der Waals surface area contributed by atoms with Crippen LogP contribution in [0.3, 0.4) is 0 Å². The average molecular weight is 1910 g/mol. The van der Waals surface area contributed by atoms with Crippen LogP contribution in [0.25, 0.3) is 0 Å². The number of aromatic nitrogens is 8. The Kier molecular flexibility index (Phi) is 23.9. The van der Waals surface area contributed by atoms with E-state index in [1.807, 2.05) is 35.6 Å². The fourth-order valence-electron chi connectivity index (χ4n) is 8.34. The molecular formula is C53H14Br8Cl2F20FeN8. The standard InChI is InChI=1S/C44Br8F20N4.2C4H6N2.CH2Cl2.Fe/c45-9-11(47)39-6(2-19(55)27(63)34(70)28(64)20(2)56)41-13(49)15(51)43(75-41)8(4-23(59)31(67)36(72)32(68)24(4)60)44-16(52)14(50)42(76-44)7(3-21(57)29(65)35(71)30(66)22(3)58)40-12(48)10(46)38(74-40)5(37(9)73-39)1-17(53)25(61)33(69)26(62)18(1)54;2*1-6-3-2-5-4-6;2-1-3;/h;2*2-4H,1H3;1H2;. The van der Waals surface area contributed by atoms with Gasteiger partial charge in [-0.05, 0) is 45.6 Å². The van der Waals surface area contributed by atoms with Gasteiger partial charge in [0.2, 0.25) is 116 Å². The van der Waals surface area contributed by atoms with Gasteiger partial charge in [-0.2, -0.15) is 87.8 Å². The molecular weight excluding hydrogens is 1890 g/mol. The van der Waals surface area contributed by atoms with Crippen LogP contribution in [0.15, 0.2) is 73.2 Å². The molecule has 0 atom stereocenters. The maximum absolute atomic E-state index is 16.3. The van der Waals surface area contributed by atoms with Gasteiger partial charge in [0, 0.05) is 207 Å². The molecule has 0 fully saturated rings. The molecule has 1 aliphatic heterocycles. The van der Waals surface area contributed by atoms with E-state index < -0.39 is 244 Å². The third-order valence-electron chi connectivity index (χ3n) is 12.3. The summed E-state index contributed by atoms with van der Waals surface area (Å²) in [5.74, 6) is -60.4. The van der Waals surface area contributed by atoms with E-state index in [-0.39, 0.29) is 22.4 Å². The number of hydrogen-bond donors (Lipinski definition) is 0. The van der Waals surface area contributed by atoms with Crippen molar-refractivity contribution in [2.45, 2.75) is 0 Å². The van der Waals surface area contributed by atoms with Crippen LogP contribution in [-0.4, -0.2) is 24.4 Å². The molecule has 11 rings (SSSR count). The summed E-state index contributed by atoms with van der Waals surface area (Å²) < 4.78 is 309. The first-order valence-electron chi connectivity index (χ1n) is 23.2. The summed E-state index contributed by atoms with van der Waals surface area (Å²) in [7, 11) is 3.88. The molecule has 8 bridgehead atoms. The molecule has 0 saturated carbocycles. The Hall–Kier alpha value is -4.56. The van der Waals surface area contributed by atoms with E-state index >= 15 is 70.2 Å². The van der Waals surface area contributed by atoms with Gasteiger partial charge >= 0.3 is 0 Å². The van der Waals surface area contributed by atoms with Crippen LogP contribution in [0.4, 0.5) is 87.8 Å². The normalized spacial score (nSPS) is 12.0. The van der Waals surface area contributed by atoms with E-state index in [1.165, 1.54) is 0 Å². The summed E-state index contributed by atoms with van der Waals surface area (Å²) in [6, 6.07) is 0. The van der Waals surface area contributed by atoms with Crippen LogP contribution in [0, 0.1) is 140 Å². The molecule has 0 N–H and O–H groups in total. The molecule has 92 heavy (non-hydrogen) atoms. The second kappa shape index (κ2) is 29.4. The van der Waals surface area contributed by atoms with Crippen molar-refractivity contribution in [1.82, 2.24) is 39.0 Å². The SMILES string of the molecule is ClCCl.Cn1ccnc1.Cn1ccnc1.Fc1c(F)c(F)c([C+]2c3[n-]c(c(Br)c3Br)[C+](c3c(F)c(F)c(F)c(F)c3F)c3[n-]c(c(Br)c3Br)[C+](c3c(F)c(F)c(F)c(F)c3F)c3[n-]c(c(Br)c3Br)[C+](c3c(F)c(F)c(F)c(F)c3F)c3[n-]c2c(Br)c3Br)c(F)c1F.[Fe]. The molecule has 0 saturated heterocycles. The van der Waals surface area contributed by atoms with E-state index in [2.05, 4.69) is 157 Å². The molecule has 0 unspecified atom stereocenters. The fraction of sp³-hybridized carbons (Fsp3) is 0.0566. The van der Waals surface area contributed by atoms with Gasteiger partial charge < -0.3 is 29.1 Å². The number of alkyl halides is 2.